The van der Waals surface area contributed by atoms with Crippen molar-refractivity contribution in [2.75, 3.05) is 27.4 Å². The number of halogens is 2. The number of ether oxygens (including phenoxy) is 2. The lowest BCUT2D eigenvalue weighted by atomic mass is 9.94. The number of likely N-dealkylation sites (tertiary alicyclic amines) is 1. The van der Waals surface area contributed by atoms with E-state index >= 15 is 0 Å². The molecule has 164 valence electrons. The quantitative estimate of drug-likeness (QED) is 0.367. The van der Waals surface area contributed by atoms with E-state index in [9.17, 15) is 14.7 Å². The number of methoxy groups -OCH3 is 2. The zero-order valence-corrected chi connectivity index (χ0v) is 19.0. The van der Waals surface area contributed by atoms with E-state index in [1.807, 2.05) is 31.2 Å². The number of carbonyl (C=O) groups excluding carboxylic acids is 2. The number of hydrogen-bond donors (Lipinski definition) is 1. The zero-order chi connectivity index (χ0) is 22.7. The van der Waals surface area contributed by atoms with E-state index in [4.69, 9.17) is 32.7 Å². The minimum Gasteiger partial charge on any atom is -0.507 e. The molecule has 0 aliphatic carbocycles. The molecule has 0 saturated carbocycles. The van der Waals surface area contributed by atoms with Gasteiger partial charge in [-0.3, -0.25) is 9.59 Å². The lowest BCUT2D eigenvalue weighted by Crippen LogP contribution is -2.32. The molecule has 1 atom stereocenters. The number of carbonyl (C=O) groups is 2. The molecule has 3 rings (SSSR count). The van der Waals surface area contributed by atoms with E-state index in [1.54, 1.807) is 0 Å². The van der Waals surface area contributed by atoms with Crippen LogP contribution in [0.2, 0.25) is 10.0 Å². The fourth-order valence-corrected chi connectivity index (χ4v) is 4.27. The van der Waals surface area contributed by atoms with Crippen molar-refractivity contribution >= 4 is 40.7 Å². The van der Waals surface area contributed by atoms with Crippen molar-refractivity contribution in [1.82, 2.24) is 4.90 Å². The minimum absolute atomic E-state index is 0.0253. The summed E-state index contributed by atoms with van der Waals surface area (Å²) >= 11 is 12.4. The van der Waals surface area contributed by atoms with Gasteiger partial charge in [0.15, 0.2) is 5.75 Å². The number of benzene rings is 2. The molecule has 8 heteroatoms. The molecule has 1 fully saturated rings. The number of rotatable bonds is 7. The Bertz CT molecular complexity index is 1010. The van der Waals surface area contributed by atoms with Gasteiger partial charge in [-0.25, -0.2) is 0 Å². The molecule has 1 amide bonds. The van der Waals surface area contributed by atoms with E-state index in [0.717, 1.165) is 12.0 Å². The van der Waals surface area contributed by atoms with Crippen LogP contribution in [0.3, 0.4) is 0 Å². The van der Waals surface area contributed by atoms with E-state index in [2.05, 4.69) is 0 Å². The third-order valence-corrected chi connectivity index (χ3v) is 5.82. The Morgan fingerprint density at radius 1 is 1.10 bits per heavy atom. The average Bonchev–Trinajstić information content (AvgIpc) is 3.01. The number of Topliss-reactive ketones (excluding diaryl/α,β-unsaturated/α-hetero) is 1. The van der Waals surface area contributed by atoms with Crippen LogP contribution in [-0.4, -0.2) is 49.1 Å². The van der Waals surface area contributed by atoms with Gasteiger partial charge >= 0.3 is 0 Å². The second kappa shape index (κ2) is 9.73. The van der Waals surface area contributed by atoms with Gasteiger partial charge in [-0.2, -0.15) is 0 Å². The third-order valence-electron chi connectivity index (χ3n) is 5.26. The number of aryl methyl sites for hydroxylation is 1. The second-order valence-corrected chi connectivity index (χ2v) is 7.87. The maximum absolute atomic E-state index is 13.0. The van der Waals surface area contributed by atoms with Crippen LogP contribution in [0.25, 0.3) is 5.76 Å². The van der Waals surface area contributed by atoms with Crippen LogP contribution in [0, 0.1) is 0 Å². The highest BCUT2D eigenvalue weighted by atomic mass is 35.5. The van der Waals surface area contributed by atoms with E-state index in [1.165, 1.54) is 31.3 Å². The van der Waals surface area contributed by atoms with E-state index in [0.29, 0.717) is 5.56 Å². The summed E-state index contributed by atoms with van der Waals surface area (Å²) in [7, 11) is 2.94. The zero-order valence-electron chi connectivity index (χ0n) is 17.4. The predicted octanol–water partition coefficient (Wildman–Crippen LogP) is 4.63. The highest BCUT2D eigenvalue weighted by molar-refractivity contribution is 6.46. The summed E-state index contributed by atoms with van der Waals surface area (Å²) in [6.45, 7) is 2.48. The standard InChI is InChI=1S/C23H23Cl2NO5/c1-4-13-5-7-14(8-6-13)19-18(21(28)23(29)26(19)9-10-30-2)20(27)15-11-16(24)22(31-3)17(25)12-15/h5-8,11-12,19,27H,4,9-10H2,1-3H3/b20-18+. The monoisotopic (exact) mass is 463 g/mol. The van der Waals surface area contributed by atoms with Crippen molar-refractivity contribution in [1.29, 1.82) is 0 Å². The maximum atomic E-state index is 13.0. The van der Waals surface area contributed by atoms with E-state index in [-0.39, 0.29) is 45.8 Å². The lowest BCUT2D eigenvalue weighted by Gasteiger charge is -2.25. The summed E-state index contributed by atoms with van der Waals surface area (Å²) in [5.41, 5.74) is 2.02. The van der Waals surface area contributed by atoms with Crippen LogP contribution in [0.5, 0.6) is 5.75 Å². The van der Waals surface area contributed by atoms with Gasteiger partial charge in [-0.05, 0) is 29.7 Å². The third kappa shape index (κ3) is 4.42. The fraction of sp³-hybridized carbons (Fsp3) is 0.304. The fourth-order valence-electron chi connectivity index (χ4n) is 3.63. The summed E-state index contributed by atoms with van der Waals surface area (Å²) in [6, 6.07) is 9.72. The van der Waals surface area contributed by atoms with Crippen LogP contribution < -0.4 is 4.74 Å². The largest absolute Gasteiger partial charge is 0.507 e. The summed E-state index contributed by atoms with van der Waals surface area (Å²) in [5, 5.41) is 11.4. The lowest BCUT2D eigenvalue weighted by molar-refractivity contribution is -0.140. The number of aliphatic hydroxyl groups is 1. The first-order chi connectivity index (χ1) is 14.8. The van der Waals surface area contributed by atoms with Gasteiger partial charge in [-0.15, -0.1) is 0 Å². The van der Waals surface area contributed by atoms with Crippen LogP contribution in [-0.2, 0) is 20.7 Å². The Hall–Kier alpha value is -2.54. The van der Waals surface area contributed by atoms with Gasteiger partial charge in [0.2, 0.25) is 0 Å². The first-order valence-corrected chi connectivity index (χ1v) is 10.5. The average molecular weight is 464 g/mol. The van der Waals surface area contributed by atoms with Gasteiger partial charge in [0.1, 0.15) is 5.76 Å². The van der Waals surface area contributed by atoms with Crippen LogP contribution in [0.1, 0.15) is 29.7 Å². The number of hydrogen-bond acceptors (Lipinski definition) is 5. The summed E-state index contributed by atoms with van der Waals surface area (Å²) in [5.74, 6) is -1.57. The molecular formula is C23H23Cl2NO5. The normalized spacial score (nSPS) is 18.0. The molecule has 0 bridgehead atoms. The van der Waals surface area contributed by atoms with Crippen LogP contribution in [0.15, 0.2) is 42.0 Å². The summed E-state index contributed by atoms with van der Waals surface area (Å²) < 4.78 is 10.3. The number of amides is 1. The molecule has 1 aliphatic heterocycles. The Morgan fingerprint density at radius 3 is 2.23 bits per heavy atom. The highest BCUT2D eigenvalue weighted by Crippen LogP contribution is 2.41. The smallest absolute Gasteiger partial charge is 0.295 e. The first-order valence-electron chi connectivity index (χ1n) is 9.73. The van der Waals surface area contributed by atoms with Crippen LogP contribution in [0.4, 0.5) is 0 Å². The first kappa shape index (κ1) is 23.1. The Kier molecular flexibility index (Phi) is 7.26. The predicted molar refractivity (Wildman–Crippen MR) is 120 cm³/mol. The molecule has 1 unspecified atom stereocenters. The van der Waals surface area contributed by atoms with Crippen molar-refractivity contribution in [3.63, 3.8) is 0 Å². The molecule has 0 aromatic heterocycles. The maximum Gasteiger partial charge on any atom is 0.295 e. The van der Waals surface area contributed by atoms with Gasteiger partial charge in [-0.1, -0.05) is 54.4 Å². The van der Waals surface area contributed by atoms with Crippen molar-refractivity contribution in [3.05, 3.63) is 68.7 Å². The Labute approximate surface area is 191 Å². The molecule has 0 radical (unpaired) electrons. The number of nitrogens with zero attached hydrogens (tertiary/aromatic N) is 1. The summed E-state index contributed by atoms with van der Waals surface area (Å²) in [6.07, 6.45) is 0.854. The topological polar surface area (TPSA) is 76.1 Å². The van der Waals surface area contributed by atoms with Crippen molar-refractivity contribution in [2.24, 2.45) is 0 Å². The van der Waals surface area contributed by atoms with Crippen molar-refractivity contribution in [2.45, 2.75) is 19.4 Å². The van der Waals surface area contributed by atoms with Crippen molar-refractivity contribution in [3.8, 4) is 5.75 Å². The number of ketones is 1. The molecular weight excluding hydrogens is 441 g/mol. The summed E-state index contributed by atoms with van der Waals surface area (Å²) in [4.78, 5) is 27.2. The molecule has 6 nitrogen and oxygen atoms in total. The Balaban J connectivity index is 2.18. The van der Waals surface area contributed by atoms with Gasteiger partial charge in [0.05, 0.1) is 35.4 Å². The number of aliphatic hydroxyl groups excluding tert-OH is 1. The highest BCUT2D eigenvalue weighted by Gasteiger charge is 2.45. The van der Waals surface area contributed by atoms with Gasteiger partial charge in [0, 0.05) is 19.2 Å². The molecule has 1 saturated heterocycles. The molecule has 31 heavy (non-hydrogen) atoms. The van der Waals surface area contributed by atoms with Gasteiger partial charge < -0.3 is 19.5 Å². The molecule has 1 heterocycles. The van der Waals surface area contributed by atoms with E-state index < -0.39 is 17.7 Å². The molecule has 1 N–H and O–H groups in total. The molecule has 2 aromatic rings. The molecule has 0 spiro atoms. The Morgan fingerprint density at radius 2 is 1.71 bits per heavy atom. The van der Waals surface area contributed by atoms with Gasteiger partial charge in [0.25, 0.3) is 11.7 Å². The minimum atomic E-state index is -0.777. The van der Waals surface area contributed by atoms with Crippen LogP contribution >= 0.6 is 23.2 Å². The SMILES string of the molecule is CCc1ccc(C2/C(=C(\O)c3cc(Cl)c(OC)c(Cl)c3)C(=O)C(=O)N2CCOC)cc1. The van der Waals surface area contributed by atoms with Crippen molar-refractivity contribution < 1.29 is 24.2 Å². The second-order valence-electron chi connectivity index (χ2n) is 7.05. The molecule has 1 aliphatic rings. The molecule has 2 aromatic carbocycles.